The van der Waals surface area contributed by atoms with Crippen LogP contribution in [0.5, 0.6) is 0 Å². The van der Waals surface area contributed by atoms with Crippen LogP contribution in [0.3, 0.4) is 0 Å². The summed E-state index contributed by atoms with van der Waals surface area (Å²) in [6, 6.07) is 0. The minimum absolute atomic E-state index is 0.00880. The Morgan fingerprint density at radius 3 is 2.44 bits per heavy atom. The first-order chi connectivity index (χ1) is 4.16. The van der Waals surface area contributed by atoms with Gasteiger partial charge in [0.25, 0.3) is 0 Å². The zero-order chi connectivity index (χ0) is 7.28. The van der Waals surface area contributed by atoms with Crippen LogP contribution in [0.1, 0.15) is 6.92 Å². The molecule has 2 nitrogen and oxygen atoms in total. The van der Waals surface area contributed by atoms with Crippen LogP contribution < -0.4 is 0 Å². The third-order valence-electron chi connectivity index (χ3n) is 0.751. The van der Waals surface area contributed by atoms with Crippen LogP contribution in [0.15, 0.2) is 0 Å². The summed E-state index contributed by atoms with van der Waals surface area (Å²) in [5, 5.41) is 0. The molecular formula is C6H13O2Sb. The molecule has 3 heteroatoms. The Bertz CT molecular complexity index is 91.1. The standard InChI is InChI=1S/C4H7O2.2CH3.Sb/c1-3-6-4(2)5;;;/h2-3H2,1H3;2*1H3;. The third-order valence-corrected chi connectivity index (χ3v) is 3.29. The summed E-state index contributed by atoms with van der Waals surface area (Å²) >= 11 is -1.10. The van der Waals surface area contributed by atoms with E-state index in [2.05, 4.69) is 9.74 Å². The number of rotatable bonds is 3. The second kappa shape index (κ2) is 5.10. The van der Waals surface area contributed by atoms with Crippen LogP contribution in [0.2, 0.25) is 14.1 Å². The first-order valence-electron chi connectivity index (χ1n) is 2.97. The molecule has 0 spiro atoms. The molecule has 0 radical (unpaired) electrons. The van der Waals surface area contributed by atoms with Gasteiger partial charge in [-0.3, -0.25) is 0 Å². The second-order valence-electron chi connectivity index (χ2n) is 2.04. The van der Waals surface area contributed by atoms with Crippen molar-refractivity contribution in [2.75, 3.05) is 6.61 Å². The van der Waals surface area contributed by atoms with Gasteiger partial charge < -0.3 is 0 Å². The van der Waals surface area contributed by atoms with Gasteiger partial charge in [0, 0.05) is 0 Å². The predicted molar refractivity (Wildman–Crippen MR) is 38.9 cm³/mol. The Hall–Kier alpha value is 0.288. The molecule has 0 aromatic heterocycles. The first kappa shape index (κ1) is 9.29. The Balaban J connectivity index is 3.27. The van der Waals surface area contributed by atoms with Crippen LogP contribution in [0, 0.1) is 0 Å². The third kappa shape index (κ3) is 6.17. The van der Waals surface area contributed by atoms with Gasteiger partial charge in [-0.2, -0.15) is 0 Å². The van der Waals surface area contributed by atoms with Crippen LogP contribution in [-0.2, 0) is 9.53 Å². The molecule has 0 aliphatic rings. The monoisotopic (exact) mass is 238 g/mol. The minimum atomic E-state index is -1.10. The molecule has 0 aliphatic carbocycles. The first-order valence-corrected chi connectivity index (χ1v) is 9.88. The Morgan fingerprint density at radius 2 is 2.11 bits per heavy atom. The Labute approximate surface area is 63.5 Å². The molecule has 0 rings (SSSR count). The molecule has 0 saturated heterocycles. The molecule has 0 unspecified atom stereocenters. The van der Waals surface area contributed by atoms with E-state index in [0.717, 1.165) is 4.37 Å². The van der Waals surface area contributed by atoms with E-state index in [1.165, 1.54) is 0 Å². The summed E-state index contributed by atoms with van der Waals surface area (Å²) in [5.74, 6) is -0.00880. The average molecular weight is 239 g/mol. The van der Waals surface area contributed by atoms with Gasteiger partial charge >= 0.3 is 63.3 Å². The molecule has 0 atom stereocenters. The van der Waals surface area contributed by atoms with Crippen molar-refractivity contribution < 1.29 is 9.53 Å². The van der Waals surface area contributed by atoms with Crippen LogP contribution in [0.25, 0.3) is 0 Å². The van der Waals surface area contributed by atoms with Crippen molar-refractivity contribution in [3.63, 3.8) is 0 Å². The van der Waals surface area contributed by atoms with E-state index in [1.807, 2.05) is 6.92 Å². The fraction of sp³-hybridized carbons (Fsp3) is 0.833. The van der Waals surface area contributed by atoms with Crippen LogP contribution in [-0.4, -0.2) is 32.8 Å². The van der Waals surface area contributed by atoms with E-state index in [-0.39, 0.29) is 5.97 Å². The SMILES string of the molecule is CCOC(=O)[CH2][Sb]([CH3])[CH3]. The summed E-state index contributed by atoms with van der Waals surface area (Å²) in [6.07, 6.45) is 0. The molecule has 0 aromatic rings. The van der Waals surface area contributed by atoms with Crippen molar-refractivity contribution in [1.29, 1.82) is 0 Å². The van der Waals surface area contributed by atoms with Gasteiger partial charge in [-0.05, 0) is 0 Å². The zero-order valence-electron chi connectivity index (χ0n) is 6.18. The fourth-order valence-corrected chi connectivity index (χ4v) is 2.20. The Kier molecular flexibility index (Phi) is 5.27. The van der Waals surface area contributed by atoms with Crippen molar-refractivity contribution in [2.45, 2.75) is 21.0 Å². The topological polar surface area (TPSA) is 26.3 Å². The van der Waals surface area contributed by atoms with Gasteiger partial charge in [0.2, 0.25) is 0 Å². The van der Waals surface area contributed by atoms with Gasteiger partial charge in [-0.15, -0.1) is 0 Å². The number of carbonyl (C=O) groups excluding carboxylic acids is 1. The van der Waals surface area contributed by atoms with E-state index in [4.69, 9.17) is 4.74 Å². The molecule has 0 N–H and O–H groups in total. The average Bonchev–Trinajstić information content (AvgIpc) is 1.63. The van der Waals surface area contributed by atoms with Crippen molar-refractivity contribution in [3.8, 4) is 0 Å². The molecule has 0 aliphatic heterocycles. The van der Waals surface area contributed by atoms with Crippen molar-refractivity contribution in [2.24, 2.45) is 0 Å². The number of hydrogen-bond donors (Lipinski definition) is 0. The number of carbonyl (C=O) groups is 1. The molecule has 54 valence electrons. The summed E-state index contributed by atoms with van der Waals surface area (Å²) in [4.78, 5) is 15.0. The van der Waals surface area contributed by atoms with Crippen molar-refractivity contribution >= 4 is 26.2 Å². The van der Waals surface area contributed by atoms with E-state index in [0.29, 0.717) is 6.61 Å². The van der Waals surface area contributed by atoms with Crippen LogP contribution >= 0.6 is 0 Å². The number of esters is 1. The van der Waals surface area contributed by atoms with E-state index in [1.54, 1.807) is 0 Å². The summed E-state index contributed by atoms with van der Waals surface area (Å²) in [6.45, 7) is 2.36. The molecule has 0 aromatic carbocycles. The molecular weight excluding hydrogens is 226 g/mol. The maximum absolute atomic E-state index is 10.7. The van der Waals surface area contributed by atoms with Gasteiger partial charge in [0.15, 0.2) is 0 Å². The van der Waals surface area contributed by atoms with E-state index in [9.17, 15) is 4.79 Å². The normalized spacial score (nSPS) is 9.78. The van der Waals surface area contributed by atoms with Gasteiger partial charge in [0.1, 0.15) is 0 Å². The fourth-order valence-electron chi connectivity index (χ4n) is 0.465. The summed E-state index contributed by atoms with van der Waals surface area (Å²) < 4.78 is 5.48. The summed E-state index contributed by atoms with van der Waals surface area (Å²) in [5.41, 5.74) is 0. The molecule has 0 saturated carbocycles. The Morgan fingerprint density at radius 1 is 1.56 bits per heavy atom. The van der Waals surface area contributed by atoms with Gasteiger partial charge in [0.05, 0.1) is 0 Å². The molecule has 0 heterocycles. The zero-order valence-corrected chi connectivity index (χ0v) is 8.73. The van der Waals surface area contributed by atoms with Crippen molar-refractivity contribution in [1.82, 2.24) is 0 Å². The number of hydrogen-bond acceptors (Lipinski definition) is 2. The maximum atomic E-state index is 10.7. The second-order valence-corrected chi connectivity index (χ2v) is 9.11. The molecule has 0 bridgehead atoms. The molecule has 0 amide bonds. The molecule has 0 fully saturated rings. The van der Waals surface area contributed by atoms with Gasteiger partial charge in [-0.1, -0.05) is 0 Å². The summed E-state index contributed by atoms with van der Waals surface area (Å²) in [7, 11) is 0. The van der Waals surface area contributed by atoms with Gasteiger partial charge in [-0.25, -0.2) is 0 Å². The van der Waals surface area contributed by atoms with E-state index < -0.39 is 20.2 Å². The van der Waals surface area contributed by atoms with Crippen LogP contribution in [0.4, 0.5) is 0 Å². The number of ether oxygens (including phenoxy) is 1. The molecule has 9 heavy (non-hydrogen) atoms. The predicted octanol–water partition coefficient (Wildman–Crippen LogP) is 1.30. The van der Waals surface area contributed by atoms with E-state index >= 15 is 0 Å². The quantitative estimate of drug-likeness (QED) is 0.548. The van der Waals surface area contributed by atoms with Crippen molar-refractivity contribution in [3.05, 3.63) is 0 Å².